The molecule has 9 nitrogen and oxygen atoms in total. The van der Waals surface area contributed by atoms with Gasteiger partial charge < -0.3 is 30.5 Å². The Morgan fingerprint density at radius 2 is 1.64 bits per heavy atom. The van der Waals surface area contributed by atoms with Gasteiger partial charge in [-0.1, -0.05) is 18.2 Å². The summed E-state index contributed by atoms with van der Waals surface area (Å²) < 4.78 is 6.12. The first-order valence-electron chi connectivity index (χ1n) is 14.5. The van der Waals surface area contributed by atoms with E-state index < -0.39 is 0 Å². The average molecular weight is 572 g/mol. The lowest BCUT2D eigenvalue weighted by Gasteiger charge is -2.32. The molecule has 1 heterocycles. The Hall–Kier alpha value is -4.37. The van der Waals surface area contributed by atoms with E-state index in [4.69, 9.17) is 10.5 Å². The van der Waals surface area contributed by atoms with Crippen molar-refractivity contribution in [2.24, 2.45) is 0 Å². The maximum atomic E-state index is 13.3. The van der Waals surface area contributed by atoms with Gasteiger partial charge in [0.25, 0.3) is 11.8 Å². The predicted octanol–water partition coefficient (Wildman–Crippen LogP) is 4.82. The minimum Gasteiger partial charge on any atom is -0.491 e. The minimum atomic E-state index is -0.313. The molecular weight excluding hydrogens is 530 g/mol. The number of nitrogens with one attached hydrogen (secondary N) is 1. The van der Waals surface area contributed by atoms with Crippen molar-refractivity contribution in [3.63, 3.8) is 0 Å². The Kier molecular flexibility index (Phi) is 10.6. The van der Waals surface area contributed by atoms with Gasteiger partial charge in [0.05, 0.1) is 17.9 Å². The van der Waals surface area contributed by atoms with Crippen LogP contribution in [0.15, 0.2) is 66.7 Å². The zero-order valence-electron chi connectivity index (χ0n) is 24.8. The highest BCUT2D eigenvalue weighted by atomic mass is 16.5. The summed E-state index contributed by atoms with van der Waals surface area (Å²) in [5, 5.41) is 2.82. The van der Waals surface area contributed by atoms with Gasteiger partial charge in [-0.3, -0.25) is 14.4 Å². The van der Waals surface area contributed by atoms with Crippen LogP contribution in [-0.4, -0.2) is 74.4 Å². The highest BCUT2D eigenvalue weighted by molar-refractivity contribution is 6.09. The maximum absolute atomic E-state index is 13.3. The summed E-state index contributed by atoms with van der Waals surface area (Å²) in [5.74, 6) is 0.369. The van der Waals surface area contributed by atoms with Crippen LogP contribution in [0.4, 0.5) is 17.1 Å². The lowest BCUT2D eigenvalue weighted by molar-refractivity contribution is -0.132. The minimum absolute atomic E-state index is 0.198. The second-order valence-electron chi connectivity index (χ2n) is 10.8. The number of unbranched alkanes of at least 4 members (excludes halogenated alkanes) is 2. The Morgan fingerprint density at radius 3 is 2.36 bits per heavy atom. The smallest absolute Gasteiger partial charge is 0.258 e. The molecule has 0 radical (unpaired) electrons. The molecule has 0 atom stereocenters. The predicted molar refractivity (Wildman–Crippen MR) is 167 cm³/mol. The highest BCUT2D eigenvalue weighted by Crippen LogP contribution is 2.30. The van der Waals surface area contributed by atoms with E-state index in [1.54, 1.807) is 60.5 Å². The quantitative estimate of drug-likeness (QED) is 0.252. The molecule has 222 valence electrons. The van der Waals surface area contributed by atoms with Crippen LogP contribution in [-0.2, 0) is 4.79 Å². The van der Waals surface area contributed by atoms with Crippen LogP contribution in [0.25, 0.3) is 0 Å². The Morgan fingerprint density at radius 1 is 0.929 bits per heavy atom. The summed E-state index contributed by atoms with van der Waals surface area (Å²) >= 11 is 0. The number of nitrogens with zero attached hydrogens (tertiary/aromatic N) is 3. The van der Waals surface area contributed by atoms with Crippen molar-refractivity contribution in [2.45, 2.75) is 32.6 Å². The van der Waals surface area contributed by atoms with Crippen LogP contribution < -0.4 is 20.7 Å². The van der Waals surface area contributed by atoms with E-state index in [1.807, 2.05) is 30.0 Å². The first kappa shape index (κ1) is 30.6. The third kappa shape index (κ3) is 8.10. The van der Waals surface area contributed by atoms with Crippen molar-refractivity contribution in [3.05, 3.63) is 83.4 Å². The number of amides is 3. The molecule has 0 aromatic heterocycles. The van der Waals surface area contributed by atoms with E-state index in [2.05, 4.69) is 17.3 Å². The fraction of sp³-hybridized carbons (Fsp3) is 0.364. The second-order valence-corrected chi connectivity index (χ2v) is 10.8. The molecule has 1 aliphatic heterocycles. The van der Waals surface area contributed by atoms with E-state index >= 15 is 0 Å². The number of anilines is 3. The molecule has 1 aliphatic rings. The van der Waals surface area contributed by atoms with Crippen LogP contribution in [0, 0.1) is 6.92 Å². The summed E-state index contributed by atoms with van der Waals surface area (Å²) in [6, 6.07) is 19.4. The van der Waals surface area contributed by atoms with Gasteiger partial charge >= 0.3 is 0 Å². The fourth-order valence-corrected chi connectivity index (χ4v) is 4.87. The van der Waals surface area contributed by atoms with Gasteiger partial charge in [0.15, 0.2) is 0 Å². The number of hydrogen-bond donors (Lipinski definition) is 2. The van der Waals surface area contributed by atoms with Crippen LogP contribution >= 0.6 is 0 Å². The number of aryl methyl sites for hydroxylation is 1. The van der Waals surface area contributed by atoms with Gasteiger partial charge in [0.2, 0.25) is 5.91 Å². The maximum Gasteiger partial charge on any atom is 0.258 e. The normalized spacial score (nSPS) is 13.5. The SMILES string of the molecule is Cc1ccc(N(C)C(=O)c2ccc(NC(=O)c3ccccc3N)cc2)c(OCCCCCC(=O)N2CCN(C)CC2)c1. The Bertz CT molecular complexity index is 1380. The molecule has 3 N–H and O–H groups in total. The van der Waals surface area contributed by atoms with E-state index in [0.717, 1.165) is 51.0 Å². The summed E-state index contributed by atoms with van der Waals surface area (Å²) in [6.45, 7) is 5.98. The molecule has 0 unspecified atom stereocenters. The van der Waals surface area contributed by atoms with Crippen molar-refractivity contribution in [1.29, 1.82) is 0 Å². The number of likely N-dealkylation sites (N-methyl/N-ethyl adjacent to an activating group) is 1. The fourth-order valence-electron chi connectivity index (χ4n) is 4.87. The van der Waals surface area contributed by atoms with Gasteiger partial charge in [0, 0.05) is 56.6 Å². The van der Waals surface area contributed by atoms with Crippen LogP contribution in [0.2, 0.25) is 0 Å². The van der Waals surface area contributed by atoms with Gasteiger partial charge in [-0.15, -0.1) is 0 Å². The molecule has 3 aromatic rings. The van der Waals surface area contributed by atoms with Crippen LogP contribution in [0.5, 0.6) is 5.75 Å². The Balaban J connectivity index is 1.28. The average Bonchev–Trinajstić information content (AvgIpc) is 2.99. The number of nitrogens with two attached hydrogens (primary N) is 1. The molecule has 1 saturated heterocycles. The lowest BCUT2D eigenvalue weighted by atomic mass is 10.1. The number of piperazine rings is 1. The number of carbonyl (C=O) groups excluding carboxylic acids is 3. The molecular formula is C33H41N5O4. The molecule has 0 saturated carbocycles. The van der Waals surface area contributed by atoms with Crippen LogP contribution in [0.3, 0.4) is 0 Å². The van der Waals surface area contributed by atoms with Crippen molar-refractivity contribution >= 4 is 34.8 Å². The number of benzene rings is 3. The van der Waals surface area contributed by atoms with E-state index in [9.17, 15) is 14.4 Å². The first-order valence-corrected chi connectivity index (χ1v) is 14.5. The number of nitrogen functional groups attached to an aromatic ring is 1. The van der Waals surface area contributed by atoms with Crippen molar-refractivity contribution < 1.29 is 19.1 Å². The molecule has 1 fully saturated rings. The zero-order chi connectivity index (χ0) is 30.1. The van der Waals surface area contributed by atoms with E-state index in [1.165, 1.54) is 0 Å². The van der Waals surface area contributed by atoms with Crippen molar-refractivity contribution in [2.75, 3.05) is 62.8 Å². The third-order valence-corrected chi connectivity index (χ3v) is 7.52. The number of hydrogen-bond acceptors (Lipinski definition) is 6. The summed E-state index contributed by atoms with van der Waals surface area (Å²) in [5.41, 5.74) is 9.44. The monoisotopic (exact) mass is 571 g/mol. The number of ether oxygens (including phenoxy) is 1. The molecule has 0 aliphatic carbocycles. The highest BCUT2D eigenvalue weighted by Gasteiger charge is 2.20. The summed E-state index contributed by atoms with van der Waals surface area (Å²) in [7, 11) is 3.80. The zero-order valence-corrected chi connectivity index (χ0v) is 24.8. The second kappa shape index (κ2) is 14.5. The van der Waals surface area contributed by atoms with Crippen LogP contribution in [0.1, 0.15) is 52.0 Å². The molecule has 0 bridgehead atoms. The van der Waals surface area contributed by atoms with Crippen molar-refractivity contribution in [3.8, 4) is 5.75 Å². The van der Waals surface area contributed by atoms with Gasteiger partial charge in [-0.2, -0.15) is 0 Å². The van der Waals surface area contributed by atoms with Gasteiger partial charge in [-0.05, 0) is 87.3 Å². The summed E-state index contributed by atoms with van der Waals surface area (Å²) in [4.78, 5) is 44.1. The summed E-state index contributed by atoms with van der Waals surface area (Å²) in [6.07, 6.45) is 3.13. The molecule has 0 spiro atoms. The van der Waals surface area contributed by atoms with Gasteiger partial charge in [-0.25, -0.2) is 0 Å². The molecule has 42 heavy (non-hydrogen) atoms. The lowest BCUT2D eigenvalue weighted by Crippen LogP contribution is -2.47. The van der Waals surface area contributed by atoms with Crippen molar-refractivity contribution in [1.82, 2.24) is 9.80 Å². The number of para-hydroxylation sites is 1. The largest absolute Gasteiger partial charge is 0.491 e. The molecule has 4 rings (SSSR count). The molecule has 3 aromatic carbocycles. The number of carbonyl (C=O) groups is 3. The van der Waals surface area contributed by atoms with E-state index in [0.29, 0.717) is 47.0 Å². The standard InChI is InChI=1S/C33H41N5O4/c1-24-12-17-29(30(23-24)42-22-8-4-5-11-31(39)38-20-18-36(2)19-21-38)37(3)33(41)25-13-15-26(16-14-25)35-32(40)27-9-6-7-10-28(27)34/h6-7,9-10,12-17,23H,4-5,8,11,18-22,34H2,1-3H3,(H,35,40). The van der Waals surface area contributed by atoms with Gasteiger partial charge in [0.1, 0.15) is 5.75 Å². The Labute approximate surface area is 248 Å². The first-order chi connectivity index (χ1) is 20.2. The molecule has 3 amide bonds. The number of rotatable bonds is 11. The molecule has 9 heteroatoms. The van der Waals surface area contributed by atoms with E-state index in [-0.39, 0.29) is 17.7 Å². The third-order valence-electron chi connectivity index (χ3n) is 7.52. The topological polar surface area (TPSA) is 108 Å².